The molecule has 0 bridgehead atoms. The van der Waals surface area contributed by atoms with E-state index in [-0.39, 0.29) is 12.1 Å². The SMILES string of the molecule is CCOc1ccc(C(=O)N2CCC(O)(C(F)(F)F)C2)cc1OCC. The maximum atomic E-state index is 12.9. The first-order valence-corrected chi connectivity index (χ1v) is 7.70. The molecule has 5 nitrogen and oxygen atoms in total. The van der Waals surface area contributed by atoms with Gasteiger partial charge in [-0.05, 0) is 32.0 Å². The molecule has 0 aliphatic carbocycles. The van der Waals surface area contributed by atoms with E-state index in [1.807, 2.05) is 0 Å². The zero-order valence-corrected chi connectivity index (χ0v) is 13.5. The molecule has 1 aliphatic heterocycles. The summed E-state index contributed by atoms with van der Waals surface area (Å²) in [5.74, 6) is 0.235. The number of hydrogen-bond donors (Lipinski definition) is 1. The Morgan fingerprint density at radius 2 is 1.88 bits per heavy atom. The number of rotatable bonds is 5. The third-order valence-corrected chi connectivity index (χ3v) is 3.85. The number of carbonyl (C=O) groups excluding carboxylic acids is 1. The molecule has 1 aliphatic rings. The summed E-state index contributed by atoms with van der Waals surface area (Å²) in [5.41, 5.74) is -2.66. The Kier molecular flexibility index (Phi) is 5.27. The number of benzene rings is 1. The molecule has 0 spiro atoms. The Hall–Kier alpha value is -1.96. The lowest BCUT2D eigenvalue weighted by atomic mass is 10.0. The van der Waals surface area contributed by atoms with Crippen molar-refractivity contribution < 1.29 is 32.5 Å². The summed E-state index contributed by atoms with van der Waals surface area (Å²) >= 11 is 0. The van der Waals surface area contributed by atoms with E-state index in [2.05, 4.69) is 0 Å². The van der Waals surface area contributed by atoms with Crippen molar-refractivity contribution in [1.82, 2.24) is 4.90 Å². The number of carbonyl (C=O) groups is 1. The van der Waals surface area contributed by atoms with Crippen molar-refractivity contribution >= 4 is 5.91 Å². The van der Waals surface area contributed by atoms with Crippen LogP contribution >= 0.6 is 0 Å². The molecule has 24 heavy (non-hydrogen) atoms. The lowest BCUT2D eigenvalue weighted by Crippen LogP contribution is -2.48. The molecule has 1 fully saturated rings. The van der Waals surface area contributed by atoms with Gasteiger partial charge in [0.2, 0.25) is 0 Å². The molecule has 134 valence electrons. The predicted octanol–water partition coefficient (Wildman–Crippen LogP) is 2.62. The smallest absolute Gasteiger partial charge is 0.419 e. The van der Waals surface area contributed by atoms with E-state index in [1.165, 1.54) is 12.1 Å². The number of β-amino-alcohol motifs (C(OH)–C–C–N with tert-alkyl or cyclic N) is 1. The first-order valence-electron chi connectivity index (χ1n) is 7.70. The third-order valence-electron chi connectivity index (χ3n) is 3.85. The second kappa shape index (κ2) is 6.88. The van der Waals surface area contributed by atoms with Gasteiger partial charge >= 0.3 is 6.18 Å². The second-order valence-corrected chi connectivity index (χ2v) is 5.53. The van der Waals surface area contributed by atoms with Gasteiger partial charge in [0, 0.05) is 18.5 Å². The number of likely N-dealkylation sites (tertiary alicyclic amines) is 1. The van der Waals surface area contributed by atoms with Crippen molar-refractivity contribution in [2.24, 2.45) is 0 Å². The largest absolute Gasteiger partial charge is 0.490 e. The highest BCUT2D eigenvalue weighted by Gasteiger charge is 2.57. The lowest BCUT2D eigenvalue weighted by molar-refractivity contribution is -0.253. The molecule has 1 aromatic rings. The first kappa shape index (κ1) is 18.4. The Morgan fingerprint density at radius 3 is 2.42 bits per heavy atom. The van der Waals surface area contributed by atoms with Gasteiger partial charge in [0.15, 0.2) is 17.1 Å². The van der Waals surface area contributed by atoms with Crippen LogP contribution in [0.5, 0.6) is 11.5 Å². The van der Waals surface area contributed by atoms with E-state index in [1.54, 1.807) is 19.9 Å². The lowest BCUT2D eigenvalue weighted by Gasteiger charge is -2.26. The molecular formula is C16H20F3NO4. The van der Waals surface area contributed by atoms with Gasteiger partial charge < -0.3 is 19.5 Å². The van der Waals surface area contributed by atoms with Crippen molar-refractivity contribution in [3.63, 3.8) is 0 Å². The van der Waals surface area contributed by atoms with Crippen LogP contribution in [0.1, 0.15) is 30.6 Å². The number of hydrogen-bond acceptors (Lipinski definition) is 4. The summed E-state index contributed by atoms with van der Waals surface area (Å²) < 4.78 is 49.4. The highest BCUT2D eigenvalue weighted by molar-refractivity contribution is 5.95. The van der Waals surface area contributed by atoms with Crippen LogP contribution in [0, 0.1) is 0 Å². The van der Waals surface area contributed by atoms with Crippen LogP contribution in [0.4, 0.5) is 13.2 Å². The number of nitrogens with zero attached hydrogens (tertiary/aromatic N) is 1. The van der Waals surface area contributed by atoms with Crippen LogP contribution < -0.4 is 9.47 Å². The molecule has 0 aromatic heterocycles. The maximum absolute atomic E-state index is 12.9. The van der Waals surface area contributed by atoms with Crippen molar-refractivity contribution in [1.29, 1.82) is 0 Å². The van der Waals surface area contributed by atoms with Gasteiger partial charge in [-0.15, -0.1) is 0 Å². The van der Waals surface area contributed by atoms with Crippen LogP contribution in [0.25, 0.3) is 0 Å². The standard InChI is InChI=1S/C16H20F3NO4/c1-3-23-12-6-5-11(9-13(12)24-4-2)14(21)20-8-7-15(22,10-20)16(17,18)19/h5-6,9,22H,3-4,7-8,10H2,1-2H3. The normalized spacial score (nSPS) is 21.0. The Balaban J connectivity index is 2.20. The molecular weight excluding hydrogens is 327 g/mol. The zero-order chi connectivity index (χ0) is 18.0. The molecule has 1 unspecified atom stereocenters. The van der Waals surface area contributed by atoms with Gasteiger partial charge in [0.1, 0.15) is 0 Å². The number of halogens is 3. The average molecular weight is 347 g/mol. The van der Waals surface area contributed by atoms with Gasteiger partial charge in [-0.2, -0.15) is 13.2 Å². The quantitative estimate of drug-likeness (QED) is 0.890. The van der Waals surface area contributed by atoms with Gasteiger partial charge in [-0.25, -0.2) is 0 Å². The first-order chi connectivity index (χ1) is 11.2. The molecule has 8 heteroatoms. The highest BCUT2D eigenvalue weighted by Crippen LogP contribution is 2.38. The molecule has 1 atom stereocenters. The summed E-state index contributed by atoms with van der Waals surface area (Å²) in [6.07, 6.45) is -5.30. The maximum Gasteiger partial charge on any atom is 0.419 e. The summed E-state index contributed by atoms with van der Waals surface area (Å²) in [5, 5.41) is 9.68. The zero-order valence-electron chi connectivity index (χ0n) is 13.5. The summed E-state index contributed by atoms with van der Waals surface area (Å²) in [4.78, 5) is 13.4. The van der Waals surface area contributed by atoms with E-state index in [0.717, 1.165) is 4.90 Å². The molecule has 1 amide bonds. The molecule has 1 heterocycles. The predicted molar refractivity (Wildman–Crippen MR) is 80.3 cm³/mol. The van der Waals surface area contributed by atoms with Crippen LogP contribution in [0.15, 0.2) is 18.2 Å². The van der Waals surface area contributed by atoms with Crippen molar-refractivity contribution in [2.75, 3.05) is 26.3 Å². The molecule has 2 rings (SSSR count). The van der Waals surface area contributed by atoms with Crippen LogP contribution in [0.2, 0.25) is 0 Å². The van der Waals surface area contributed by atoms with E-state index >= 15 is 0 Å². The van der Waals surface area contributed by atoms with Gasteiger partial charge in [-0.1, -0.05) is 0 Å². The monoisotopic (exact) mass is 347 g/mol. The number of aliphatic hydroxyl groups is 1. The van der Waals surface area contributed by atoms with E-state index < -0.39 is 30.7 Å². The molecule has 0 radical (unpaired) electrons. The fraction of sp³-hybridized carbons (Fsp3) is 0.562. The fourth-order valence-corrected chi connectivity index (χ4v) is 2.57. The number of alkyl halides is 3. The summed E-state index contributed by atoms with van der Waals surface area (Å²) in [7, 11) is 0. The van der Waals surface area contributed by atoms with Crippen LogP contribution in [-0.4, -0.2) is 54.0 Å². The van der Waals surface area contributed by atoms with E-state index in [9.17, 15) is 23.1 Å². The fourth-order valence-electron chi connectivity index (χ4n) is 2.57. The minimum absolute atomic E-state index is 0.161. The summed E-state index contributed by atoms with van der Waals surface area (Å²) in [6.45, 7) is 3.41. The third kappa shape index (κ3) is 3.58. The molecule has 1 aromatic carbocycles. The molecule has 0 saturated carbocycles. The number of ether oxygens (including phenoxy) is 2. The topological polar surface area (TPSA) is 59.0 Å². The Labute approximate surface area is 138 Å². The second-order valence-electron chi connectivity index (χ2n) is 5.53. The van der Waals surface area contributed by atoms with Gasteiger partial charge in [0.05, 0.1) is 19.8 Å². The molecule has 1 N–H and O–H groups in total. The van der Waals surface area contributed by atoms with Crippen LogP contribution in [-0.2, 0) is 0 Å². The Morgan fingerprint density at radius 1 is 1.25 bits per heavy atom. The highest BCUT2D eigenvalue weighted by atomic mass is 19.4. The van der Waals surface area contributed by atoms with Gasteiger partial charge in [0.25, 0.3) is 5.91 Å². The Bertz CT molecular complexity index is 605. The average Bonchev–Trinajstić information content (AvgIpc) is 2.92. The van der Waals surface area contributed by atoms with E-state index in [4.69, 9.17) is 9.47 Å². The van der Waals surface area contributed by atoms with Gasteiger partial charge in [-0.3, -0.25) is 4.79 Å². The minimum Gasteiger partial charge on any atom is -0.490 e. The van der Waals surface area contributed by atoms with E-state index in [0.29, 0.717) is 24.7 Å². The van der Waals surface area contributed by atoms with Crippen molar-refractivity contribution in [3.8, 4) is 11.5 Å². The number of amides is 1. The minimum atomic E-state index is -4.77. The van der Waals surface area contributed by atoms with Crippen LogP contribution in [0.3, 0.4) is 0 Å². The molecule has 1 saturated heterocycles. The van der Waals surface area contributed by atoms with Crippen molar-refractivity contribution in [2.45, 2.75) is 32.0 Å². The summed E-state index contributed by atoms with van der Waals surface area (Å²) in [6, 6.07) is 4.47. The van der Waals surface area contributed by atoms with Crippen molar-refractivity contribution in [3.05, 3.63) is 23.8 Å².